The molecular weight excluding hydrogens is 361 g/mol. The van der Waals surface area contributed by atoms with E-state index in [-0.39, 0.29) is 6.54 Å². The maximum atomic E-state index is 13.0. The van der Waals surface area contributed by atoms with Gasteiger partial charge in [-0.2, -0.15) is 18.1 Å². The van der Waals surface area contributed by atoms with Crippen LogP contribution < -0.4 is 0 Å². The molecule has 1 fully saturated rings. The fourth-order valence-corrected chi connectivity index (χ4v) is 3.09. The third-order valence-electron chi connectivity index (χ3n) is 4.20. The first-order valence-corrected chi connectivity index (χ1v) is 8.22. The third-order valence-corrected chi connectivity index (χ3v) is 4.59. The smallest absolute Gasteiger partial charge is 0.355 e. The van der Waals surface area contributed by atoms with Crippen molar-refractivity contribution in [3.8, 4) is 0 Å². The third kappa shape index (κ3) is 4.92. The molecule has 1 aromatic rings. The molecule has 0 aliphatic carbocycles. The quantitative estimate of drug-likeness (QED) is 0.574. The Labute approximate surface area is 148 Å². The molecule has 0 spiro atoms. The van der Waals surface area contributed by atoms with Gasteiger partial charge in [0.05, 0.1) is 12.1 Å². The molecule has 0 saturated carbocycles. The van der Waals surface area contributed by atoms with E-state index < -0.39 is 35.8 Å². The Morgan fingerprint density at radius 3 is 2.52 bits per heavy atom. The summed E-state index contributed by atoms with van der Waals surface area (Å²) in [6.07, 6.45) is -5.10. The number of carbonyl (C=O) groups excluding carboxylic acids is 1. The van der Waals surface area contributed by atoms with Crippen molar-refractivity contribution in [1.82, 2.24) is 4.90 Å². The molecule has 138 valence electrons. The molecule has 4 atom stereocenters. The predicted molar refractivity (Wildman–Crippen MR) is 86.0 cm³/mol. The molecule has 9 heteroatoms. The zero-order chi connectivity index (χ0) is 18.6. The van der Waals surface area contributed by atoms with E-state index >= 15 is 0 Å². The van der Waals surface area contributed by atoms with Crippen molar-refractivity contribution in [2.75, 3.05) is 6.54 Å². The summed E-state index contributed by atoms with van der Waals surface area (Å²) in [4.78, 5) is 23.2. The molecule has 0 radical (unpaired) electrons. The van der Waals surface area contributed by atoms with Gasteiger partial charge in [0.1, 0.15) is 6.04 Å². The van der Waals surface area contributed by atoms with Crippen molar-refractivity contribution in [2.24, 2.45) is 5.18 Å². The maximum Gasteiger partial charge on any atom is 0.471 e. The highest BCUT2D eigenvalue weighted by molar-refractivity contribution is 6.20. The number of hydrogen-bond donors (Lipinski definition) is 0. The van der Waals surface area contributed by atoms with Gasteiger partial charge in [0.15, 0.2) is 5.56 Å². The second-order valence-corrected chi connectivity index (χ2v) is 6.33. The fraction of sp³-hybridized carbons (Fsp3) is 0.562. The zero-order valence-electron chi connectivity index (χ0n) is 13.4. The van der Waals surface area contributed by atoms with Crippen molar-refractivity contribution in [3.05, 3.63) is 40.8 Å². The van der Waals surface area contributed by atoms with Crippen LogP contribution in [0.3, 0.4) is 0 Å². The predicted octanol–water partition coefficient (Wildman–Crippen LogP) is 4.02. The first kappa shape index (κ1) is 19.7. The molecule has 2 unspecified atom stereocenters. The summed E-state index contributed by atoms with van der Waals surface area (Å²) >= 11 is 5.89. The minimum absolute atomic E-state index is 0.275. The molecule has 1 heterocycles. The summed E-state index contributed by atoms with van der Waals surface area (Å²) in [6, 6.07) is 6.88. The Hall–Kier alpha value is -1.67. The first-order chi connectivity index (χ1) is 11.7. The number of nitrogens with zero attached hydrogens (tertiary/aromatic N) is 2. The number of halogens is 4. The van der Waals surface area contributed by atoms with Crippen LogP contribution in [-0.4, -0.2) is 41.2 Å². The first-order valence-electron chi connectivity index (χ1n) is 7.78. The van der Waals surface area contributed by atoms with E-state index in [1.54, 1.807) is 30.3 Å². The fourth-order valence-electron chi connectivity index (χ4n) is 2.78. The average molecular weight is 379 g/mol. The van der Waals surface area contributed by atoms with E-state index in [9.17, 15) is 22.9 Å². The number of alkyl halides is 4. The van der Waals surface area contributed by atoms with Gasteiger partial charge in [-0.05, 0) is 25.3 Å². The minimum Gasteiger partial charge on any atom is -0.355 e. The number of carbonyl (C=O) groups is 1. The highest BCUT2D eigenvalue weighted by Crippen LogP contribution is 2.30. The lowest BCUT2D eigenvalue weighted by molar-refractivity contribution is -0.190. The van der Waals surface area contributed by atoms with E-state index in [2.05, 4.69) is 5.18 Å². The molecule has 1 aromatic carbocycles. The molecular formula is C16H18ClF3N2O3. The van der Waals surface area contributed by atoms with Crippen molar-refractivity contribution in [3.63, 3.8) is 0 Å². The zero-order valence-corrected chi connectivity index (χ0v) is 14.2. The van der Waals surface area contributed by atoms with Gasteiger partial charge in [-0.25, -0.2) is 0 Å². The maximum absolute atomic E-state index is 13.0. The van der Waals surface area contributed by atoms with E-state index in [1.165, 1.54) is 6.92 Å². The molecule has 1 saturated heterocycles. The topological polar surface area (TPSA) is 59.0 Å². The Kier molecular flexibility index (Phi) is 6.40. The summed E-state index contributed by atoms with van der Waals surface area (Å²) in [6.45, 7) is 1.25. The van der Waals surface area contributed by atoms with Crippen LogP contribution in [0.15, 0.2) is 35.5 Å². The van der Waals surface area contributed by atoms with Crippen LogP contribution in [0.4, 0.5) is 13.2 Å². The summed E-state index contributed by atoms with van der Waals surface area (Å²) in [5, 5.41) is 2.83. The van der Waals surface area contributed by atoms with E-state index in [1.807, 2.05) is 0 Å². The molecule has 0 bridgehead atoms. The molecule has 0 N–H and O–H groups in total. The van der Waals surface area contributed by atoms with Gasteiger partial charge >= 0.3 is 12.1 Å². The molecule has 2 rings (SSSR count). The van der Waals surface area contributed by atoms with Crippen LogP contribution in [0.5, 0.6) is 0 Å². The highest BCUT2D eigenvalue weighted by atomic mass is 35.5. The monoisotopic (exact) mass is 378 g/mol. The number of hydrogen-bond acceptors (Lipinski definition) is 4. The van der Waals surface area contributed by atoms with E-state index in [0.29, 0.717) is 18.4 Å². The number of benzene rings is 1. The van der Waals surface area contributed by atoms with Crippen molar-refractivity contribution < 1.29 is 22.7 Å². The lowest BCUT2D eigenvalue weighted by Gasteiger charge is -2.36. The van der Waals surface area contributed by atoms with Gasteiger partial charge in [-0.1, -0.05) is 47.1 Å². The molecule has 1 aliphatic heterocycles. The second kappa shape index (κ2) is 8.14. The van der Waals surface area contributed by atoms with Crippen LogP contribution in [-0.2, 0) is 9.53 Å². The summed E-state index contributed by atoms with van der Waals surface area (Å²) in [5.41, 5.74) is -0.433. The van der Waals surface area contributed by atoms with Crippen molar-refractivity contribution in [2.45, 2.75) is 49.7 Å². The normalized spacial score (nSPS) is 25.2. The molecule has 5 nitrogen and oxygen atoms in total. The van der Waals surface area contributed by atoms with Crippen molar-refractivity contribution in [1.29, 1.82) is 0 Å². The van der Waals surface area contributed by atoms with Gasteiger partial charge in [0.25, 0.3) is 0 Å². The van der Waals surface area contributed by atoms with Crippen LogP contribution in [0.25, 0.3) is 0 Å². The average Bonchev–Trinajstić information content (AvgIpc) is 2.58. The van der Waals surface area contributed by atoms with Crippen LogP contribution in [0.2, 0.25) is 0 Å². The van der Waals surface area contributed by atoms with Crippen LogP contribution in [0.1, 0.15) is 31.4 Å². The number of rotatable bonds is 5. The Bertz CT molecular complexity index is 600. The molecule has 0 aromatic heterocycles. The lowest BCUT2D eigenvalue weighted by atomic mass is 10.0. The van der Waals surface area contributed by atoms with Gasteiger partial charge in [-0.15, -0.1) is 0 Å². The largest absolute Gasteiger partial charge is 0.471 e. The molecule has 1 aliphatic rings. The molecule has 1 amide bonds. The number of ether oxygens (including phenoxy) is 1. The summed E-state index contributed by atoms with van der Waals surface area (Å²) < 4.78 is 44.4. The minimum atomic E-state index is -5.00. The van der Waals surface area contributed by atoms with Crippen LogP contribution in [0, 0.1) is 4.91 Å². The van der Waals surface area contributed by atoms with Gasteiger partial charge in [-0.3, -0.25) is 4.79 Å². The summed E-state index contributed by atoms with van der Waals surface area (Å²) in [5.74, 6) is -1.94. The van der Waals surface area contributed by atoms with Gasteiger partial charge < -0.3 is 9.64 Å². The SMILES string of the molecule is C[C@H](c1ccccc1)N(C[C@@H]1CCC(N=O)C(Cl)O1)C(=O)C(F)(F)F. The Morgan fingerprint density at radius 1 is 1.36 bits per heavy atom. The number of nitroso groups, excluding NO2 is 1. The number of amides is 1. The Balaban J connectivity index is 2.18. The standard InChI is InChI=1S/C16H18ClF3N2O3/c1-10(11-5-3-2-4-6-11)22(15(23)16(18,19)20)9-12-7-8-13(21-24)14(17)25-12/h2-6,10,12-14H,7-9H2,1H3/t10-,12+,13?,14?/m1/s1. The van der Waals surface area contributed by atoms with Gasteiger partial charge in [0, 0.05) is 6.54 Å². The summed E-state index contributed by atoms with van der Waals surface area (Å²) in [7, 11) is 0. The lowest BCUT2D eigenvalue weighted by Crippen LogP contribution is -2.48. The van der Waals surface area contributed by atoms with Crippen LogP contribution >= 0.6 is 11.6 Å². The highest BCUT2D eigenvalue weighted by Gasteiger charge is 2.45. The Morgan fingerprint density at radius 2 is 2.00 bits per heavy atom. The van der Waals surface area contributed by atoms with Gasteiger partial charge in [0.2, 0.25) is 0 Å². The van der Waals surface area contributed by atoms with E-state index in [4.69, 9.17) is 16.3 Å². The van der Waals surface area contributed by atoms with E-state index in [0.717, 1.165) is 4.90 Å². The van der Waals surface area contributed by atoms with Crippen molar-refractivity contribution >= 4 is 17.5 Å². The second-order valence-electron chi connectivity index (χ2n) is 5.90. The molecule has 25 heavy (non-hydrogen) atoms.